The normalized spacial score (nSPS) is 13.3. The van der Waals surface area contributed by atoms with Gasteiger partial charge in [-0.05, 0) is 54.3 Å². The highest BCUT2D eigenvalue weighted by atomic mass is 79.9. The van der Waals surface area contributed by atoms with Crippen LogP contribution in [0.4, 0.5) is 0 Å². The van der Waals surface area contributed by atoms with Crippen LogP contribution in [0.15, 0.2) is 65.1 Å². The van der Waals surface area contributed by atoms with Crippen molar-refractivity contribution in [3.05, 3.63) is 76.3 Å². The summed E-state index contributed by atoms with van der Waals surface area (Å²) in [7, 11) is 0. The van der Waals surface area contributed by atoms with Crippen molar-refractivity contribution in [2.45, 2.75) is 12.8 Å². The van der Waals surface area contributed by atoms with Gasteiger partial charge in [-0.3, -0.25) is 0 Å². The molecule has 3 aromatic carbocycles. The Labute approximate surface area is 137 Å². The van der Waals surface area contributed by atoms with Crippen LogP contribution in [0.25, 0.3) is 27.5 Å². The van der Waals surface area contributed by atoms with E-state index in [1.165, 1.54) is 43.1 Å². The summed E-state index contributed by atoms with van der Waals surface area (Å²) in [5.41, 5.74) is 6.79. The first kappa shape index (κ1) is 12.5. The van der Waals surface area contributed by atoms with Crippen molar-refractivity contribution in [1.82, 2.24) is 4.57 Å². The van der Waals surface area contributed by atoms with Crippen molar-refractivity contribution in [2.24, 2.45) is 0 Å². The van der Waals surface area contributed by atoms with Crippen molar-refractivity contribution >= 4 is 37.7 Å². The summed E-state index contributed by atoms with van der Waals surface area (Å²) in [6.45, 7) is 0. The SMILES string of the molecule is Brc1cc2c3c4c(cccc4n(-c4ccccc4)c3c1)CC2. The van der Waals surface area contributed by atoms with Gasteiger partial charge in [0.2, 0.25) is 0 Å². The summed E-state index contributed by atoms with van der Waals surface area (Å²) in [6, 6.07) is 21.9. The molecule has 0 amide bonds. The maximum atomic E-state index is 3.70. The van der Waals surface area contributed by atoms with Gasteiger partial charge in [-0.1, -0.05) is 46.3 Å². The zero-order valence-corrected chi connectivity index (χ0v) is 13.6. The van der Waals surface area contributed by atoms with Crippen LogP contribution in [-0.2, 0) is 12.8 Å². The minimum absolute atomic E-state index is 1.13. The molecule has 0 unspecified atom stereocenters. The summed E-state index contributed by atoms with van der Waals surface area (Å²) < 4.78 is 3.56. The fourth-order valence-electron chi connectivity index (χ4n) is 3.83. The predicted molar refractivity (Wildman–Crippen MR) is 95.9 cm³/mol. The summed E-state index contributed by atoms with van der Waals surface area (Å²) >= 11 is 3.70. The average molecular weight is 348 g/mol. The molecule has 1 heterocycles. The number of hydrogen-bond donors (Lipinski definition) is 0. The fraction of sp³-hybridized carbons (Fsp3) is 0.100. The monoisotopic (exact) mass is 347 g/mol. The van der Waals surface area contributed by atoms with Gasteiger partial charge in [-0.2, -0.15) is 0 Å². The van der Waals surface area contributed by atoms with E-state index in [0.717, 1.165) is 12.8 Å². The third-order valence-electron chi connectivity index (χ3n) is 4.70. The molecule has 1 aliphatic rings. The zero-order valence-electron chi connectivity index (χ0n) is 12.0. The minimum atomic E-state index is 1.13. The standard InChI is InChI=1S/C20H14BrN/c21-15-11-14-10-9-13-5-4-8-17-19(13)20(14)18(12-15)22(17)16-6-2-1-3-7-16/h1-8,11-12H,9-10H2. The van der Waals surface area contributed by atoms with Gasteiger partial charge in [0.15, 0.2) is 0 Å². The van der Waals surface area contributed by atoms with E-state index in [1.54, 1.807) is 0 Å². The minimum Gasteiger partial charge on any atom is -0.309 e. The van der Waals surface area contributed by atoms with E-state index in [1.807, 2.05) is 0 Å². The number of rotatable bonds is 1. The third-order valence-corrected chi connectivity index (χ3v) is 5.16. The molecule has 0 spiro atoms. The maximum Gasteiger partial charge on any atom is 0.0555 e. The Morgan fingerprint density at radius 2 is 1.50 bits per heavy atom. The molecule has 0 N–H and O–H groups in total. The molecule has 1 aromatic heterocycles. The van der Waals surface area contributed by atoms with E-state index >= 15 is 0 Å². The average Bonchev–Trinajstić information content (AvgIpc) is 2.88. The van der Waals surface area contributed by atoms with Crippen molar-refractivity contribution in [3.8, 4) is 5.69 Å². The molecular formula is C20H14BrN. The lowest BCUT2D eigenvalue weighted by molar-refractivity contribution is 0.968. The largest absolute Gasteiger partial charge is 0.309 e. The molecule has 2 heteroatoms. The van der Waals surface area contributed by atoms with E-state index in [2.05, 4.69) is 81.2 Å². The first-order valence-corrected chi connectivity index (χ1v) is 8.42. The van der Waals surface area contributed by atoms with Crippen LogP contribution >= 0.6 is 15.9 Å². The first-order valence-electron chi connectivity index (χ1n) is 7.63. The highest BCUT2D eigenvalue weighted by molar-refractivity contribution is 9.10. The number of para-hydroxylation sites is 1. The van der Waals surface area contributed by atoms with Gasteiger partial charge in [0, 0.05) is 20.9 Å². The van der Waals surface area contributed by atoms with Gasteiger partial charge in [0.05, 0.1) is 11.0 Å². The highest BCUT2D eigenvalue weighted by Gasteiger charge is 2.21. The van der Waals surface area contributed by atoms with Crippen molar-refractivity contribution in [3.63, 3.8) is 0 Å². The van der Waals surface area contributed by atoms with E-state index in [0.29, 0.717) is 0 Å². The van der Waals surface area contributed by atoms with Crippen molar-refractivity contribution in [2.75, 3.05) is 0 Å². The lowest BCUT2D eigenvalue weighted by atomic mass is 9.91. The van der Waals surface area contributed by atoms with E-state index in [4.69, 9.17) is 0 Å². The summed E-state index contributed by atoms with van der Waals surface area (Å²) in [6.07, 6.45) is 2.26. The summed E-state index contributed by atoms with van der Waals surface area (Å²) in [5, 5.41) is 2.87. The lowest BCUT2D eigenvalue weighted by Crippen LogP contribution is -1.98. The molecule has 0 fully saturated rings. The topological polar surface area (TPSA) is 4.93 Å². The molecule has 0 aliphatic heterocycles. The van der Waals surface area contributed by atoms with Gasteiger partial charge in [-0.15, -0.1) is 0 Å². The van der Waals surface area contributed by atoms with Crippen LogP contribution in [0, 0.1) is 0 Å². The van der Waals surface area contributed by atoms with Crippen LogP contribution in [0.5, 0.6) is 0 Å². The van der Waals surface area contributed by atoms with Crippen LogP contribution in [0.3, 0.4) is 0 Å². The molecule has 106 valence electrons. The molecule has 0 atom stereocenters. The summed E-state index contributed by atoms with van der Waals surface area (Å²) in [4.78, 5) is 0. The fourth-order valence-corrected chi connectivity index (χ4v) is 4.33. The van der Waals surface area contributed by atoms with Crippen LogP contribution < -0.4 is 0 Å². The molecule has 1 nitrogen and oxygen atoms in total. The number of nitrogens with zero attached hydrogens (tertiary/aromatic N) is 1. The number of benzene rings is 3. The molecule has 5 rings (SSSR count). The van der Waals surface area contributed by atoms with Crippen LogP contribution in [0.2, 0.25) is 0 Å². The Balaban J connectivity index is 2.07. The maximum absolute atomic E-state index is 3.70. The molecular weight excluding hydrogens is 334 g/mol. The zero-order chi connectivity index (χ0) is 14.7. The molecule has 4 aromatic rings. The van der Waals surface area contributed by atoms with E-state index < -0.39 is 0 Å². The first-order chi connectivity index (χ1) is 10.8. The Morgan fingerprint density at radius 1 is 0.727 bits per heavy atom. The second-order valence-corrected chi connectivity index (χ2v) is 6.86. The quantitative estimate of drug-likeness (QED) is 0.419. The number of aromatic nitrogens is 1. The number of hydrogen-bond acceptors (Lipinski definition) is 0. The highest BCUT2D eigenvalue weighted by Crippen LogP contribution is 2.40. The smallest absolute Gasteiger partial charge is 0.0555 e. The molecule has 1 aliphatic carbocycles. The van der Waals surface area contributed by atoms with Crippen molar-refractivity contribution < 1.29 is 0 Å². The van der Waals surface area contributed by atoms with E-state index in [-0.39, 0.29) is 0 Å². The Bertz CT molecular complexity index is 1030. The van der Waals surface area contributed by atoms with Crippen LogP contribution in [0.1, 0.15) is 11.1 Å². The molecule has 0 saturated carbocycles. The van der Waals surface area contributed by atoms with E-state index in [9.17, 15) is 0 Å². The molecule has 0 saturated heterocycles. The second-order valence-electron chi connectivity index (χ2n) is 5.94. The van der Waals surface area contributed by atoms with Gasteiger partial charge >= 0.3 is 0 Å². The van der Waals surface area contributed by atoms with Crippen molar-refractivity contribution in [1.29, 1.82) is 0 Å². The Hall–Kier alpha value is -2.06. The molecule has 22 heavy (non-hydrogen) atoms. The predicted octanol–water partition coefficient (Wildman–Crippen LogP) is 5.64. The number of aryl methyl sites for hydroxylation is 2. The second kappa shape index (κ2) is 4.47. The van der Waals surface area contributed by atoms with Crippen LogP contribution in [-0.4, -0.2) is 4.57 Å². The van der Waals surface area contributed by atoms with Gasteiger partial charge in [-0.25, -0.2) is 0 Å². The van der Waals surface area contributed by atoms with Gasteiger partial charge in [0.1, 0.15) is 0 Å². The Morgan fingerprint density at radius 3 is 2.36 bits per heavy atom. The summed E-state index contributed by atoms with van der Waals surface area (Å²) in [5.74, 6) is 0. The molecule has 0 radical (unpaired) electrons. The third kappa shape index (κ3) is 1.59. The lowest BCUT2D eigenvalue weighted by Gasteiger charge is -2.13. The number of halogens is 1. The van der Waals surface area contributed by atoms with Gasteiger partial charge in [0.25, 0.3) is 0 Å². The van der Waals surface area contributed by atoms with Gasteiger partial charge < -0.3 is 4.57 Å². The molecule has 0 bridgehead atoms. The Kier molecular flexibility index (Phi) is 2.53.